The van der Waals surface area contributed by atoms with Crippen molar-refractivity contribution >= 4 is 24.0 Å². The number of imidazole rings is 2. The lowest BCUT2D eigenvalue weighted by atomic mass is 10.0. The number of alkyl carbamates (subject to hydrolysis) is 1. The quantitative estimate of drug-likeness (QED) is 0.116. The number of amides is 4. The van der Waals surface area contributed by atoms with Gasteiger partial charge in [0.25, 0.3) is 0 Å². The fraction of sp³-hybridized carbons (Fsp3) is 0.436. The van der Waals surface area contributed by atoms with Gasteiger partial charge in [0, 0.05) is 18.9 Å². The molecule has 6 atom stereocenters. The minimum Gasteiger partial charge on any atom is -0.465 e. The van der Waals surface area contributed by atoms with Gasteiger partial charge in [-0.15, -0.1) is 0 Å². The van der Waals surface area contributed by atoms with Crippen LogP contribution >= 0.6 is 0 Å². The molecule has 0 spiro atoms. The summed E-state index contributed by atoms with van der Waals surface area (Å²) in [5.74, 6) is -0.885. The van der Waals surface area contributed by atoms with Crippen molar-refractivity contribution in [1.29, 1.82) is 0 Å². The van der Waals surface area contributed by atoms with Gasteiger partial charge >= 0.3 is 12.2 Å². The maximum atomic E-state index is 14.6. The first-order chi connectivity index (χ1) is 26.4. The SMILES string of the molecule is COC(=O)N[C@H](C(=O)N1CCCC1c1ncc(-c2ccc(-c3ccc(-c4cnc([C@@H]5C[C@H](F)CN5C(=O)[C@@H](NC(=O)O)C(C)C)[nH]4)cc3)cc2)[nH]1)C(C)CF. The number of hydrogen-bond donors (Lipinski definition) is 5. The maximum absolute atomic E-state index is 14.6. The van der Waals surface area contributed by atoms with Crippen LogP contribution in [0.3, 0.4) is 0 Å². The molecule has 5 N–H and O–H groups in total. The second-order valence-electron chi connectivity index (χ2n) is 14.5. The number of alkyl halides is 2. The molecule has 2 aromatic carbocycles. The van der Waals surface area contributed by atoms with Crippen molar-refractivity contribution in [1.82, 2.24) is 40.4 Å². The van der Waals surface area contributed by atoms with Gasteiger partial charge in [0.15, 0.2) is 0 Å². The number of benzene rings is 2. The molecule has 4 heterocycles. The summed E-state index contributed by atoms with van der Waals surface area (Å²) in [6.45, 7) is 4.57. The molecule has 16 heteroatoms. The van der Waals surface area contributed by atoms with Crippen LogP contribution in [0, 0.1) is 11.8 Å². The van der Waals surface area contributed by atoms with Crippen molar-refractivity contribution in [3.05, 3.63) is 72.6 Å². The van der Waals surface area contributed by atoms with E-state index >= 15 is 0 Å². The number of methoxy groups -OCH3 is 1. The number of halogens is 2. The molecule has 2 aliphatic rings. The van der Waals surface area contributed by atoms with Gasteiger partial charge < -0.3 is 40.2 Å². The lowest BCUT2D eigenvalue weighted by Crippen LogP contribution is -2.52. The Morgan fingerprint density at radius 2 is 1.36 bits per heavy atom. The standard InChI is InChI=1S/C39H46F2N8O6/c1-21(2)32(46-38(52)53)36(50)49-20-27(41)16-31(49)35-43-19-29(45-35)26-13-9-24(10-14-26)23-7-11-25(12-8-23)28-18-42-34(44-28)30-6-5-15-48(30)37(51)33(22(3)17-40)47-39(54)55-4/h7-14,18-19,21-22,27,30-33,46H,5-6,15-17,20H2,1-4H3,(H,42,44)(H,43,45)(H,47,54)(H,52,53)/t22?,27-,30?,31-,32-,33-/m0/s1. The number of rotatable bonds is 12. The van der Waals surface area contributed by atoms with Crippen molar-refractivity contribution in [2.75, 3.05) is 26.9 Å². The molecule has 14 nitrogen and oxygen atoms in total. The van der Waals surface area contributed by atoms with E-state index < -0.39 is 55.0 Å². The van der Waals surface area contributed by atoms with Crippen molar-refractivity contribution in [3.63, 3.8) is 0 Å². The van der Waals surface area contributed by atoms with Gasteiger partial charge in [-0.25, -0.2) is 23.9 Å². The van der Waals surface area contributed by atoms with Gasteiger partial charge in [-0.3, -0.25) is 14.0 Å². The van der Waals surface area contributed by atoms with Gasteiger partial charge in [-0.1, -0.05) is 69.3 Å². The van der Waals surface area contributed by atoms with Crippen LogP contribution in [0.5, 0.6) is 0 Å². The molecule has 2 unspecified atom stereocenters. The zero-order valence-corrected chi connectivity index (χ0v) is 31.1. The van der Waals surface area contributed by atoms with Crippen molar-refractivity contribution < 1.29 is 37.8 Å². The highest BCUT2D eigenvalue weighted by Crippen LogP contribution is 2.36. The number of hydrogen-bond acceptors (Lipinski definition) is 7. The van der Waals surface area contributed by atoms with E-state index in [0.717, 1.165) is 34.4 Å². The second kappa shape index (κ2) is 16.7. The summed E-state index contributed by atoms with van der Waals surface area (Å²) in [6.07, 6.45) is 1.46. The van der Waals surface area contributed by atoms with Crippen LogP contribution in [0.25, 0.3) is 33.6 Å². The summed E-state index contributed by atoms with van der Waals surface area (Å²) < 4.78 is 32.9. The number of ether oxygens (including phenoxy) is 1. The molecule has 0 saturated carbocycles. The molecule has 55 heavy (non-hydrogen) atoms. The predicted molar refractivity (Wildman–Crippen MR) is 199 cm³/mol. The lowest BCUT2D eigenvalue weighted by Gasteiger charge is -2.30. The van der Waals surface area contributed by atoms with E-state index in [1.54, 1.807) is 38.1 Å². The Hall–Kier alpha value is -5.80. The molecule has 0 bridgehead atoms. The van der Waals surface area contributed by atoms with Crippen LogP contribution in [-0.4, -0.2) is 104 Å². The van der Waals surface area contributed by atoms with Crippen LogP contribution in [0.15, 0.2) is 60.9 Å². The highest BCUT2D eigenvalue weighted by Gasteiger charge is 2.42. The monoisotopic (exact) mass is 760 g/mol. The Kier molecular flexibility index (Phi) is 11.8. The van der Waals surface area contributed by atoms with E-state index in [4.69, 9.17) is 0 Å². The van der Waals surface area contributed by atoms with Crippen LogP contribution in [-0.2, 0) is 14.3 Å². The first kappa shape index (κ1) is 38.9. The average Bonchev–Trinajstić information content (AvgIpc) is 4.02. The molecule has 2 fully saturated rings. The van der Waals surface area contributed by atoms with Crippen LogP contribution < -0.4 is 10.6 Å². The third kappa shape index (κ3) is 8.47. The Morgan fingerprint density at radius 3 is 1.87 bits per heavy atom. The predicted octanol–water partition coefficient (Wildman–Crippen LogP) is 6.03. The Balaban J connectivity index is 1.12. The zero-order chi connectivity index (χ0) is 39.4. The van der Waals surface area contributed by atoms with E-state index in [2.05, 4.69) is 35.3 Å². The fourth-order valence-electron chi connectivity index (χ4n) is 7.32. The third-order valence-corrected chi connectivity index (χ3v) is 10.4. The summed E-state index contributed by atoms with van der Waals surface area (Å²) in [5, 5.41) is 14.0. The number of aromatic nitrogens is 4. The zero-order valence-electron chi connectivity index (χ0n) is 31.1. The number of H-pyrrole nitrogens is 2. The van der Waals surface area contributed by atoms with Crippen molar-refractivity contribution in [2.24, 2.45) is 11.8 Å². The Labute approximate surface area is 317 Å². The van der Waals surface area contributed by atoms with Gasteiger partial charge in [-0.05, 0) is 41.0 Å². The fourth-order valence-corrected chi connectivity index (χ4v) is 7.32. The second-order valence-corrected chi connectivity index (χ2v) is 14.5. The van der Waals surface area contributed by atoms with Crippen molar-refractivity contribution in [3.8, 4) is 33.6 Å². The molecule has 4 amide bonds. The smallest absolute Gasteiger partial charge is 0.407 e. The van der Waals surface area contributed by atoms with Crippen LogP contribution in [0.1, 0.15) is 63.8 Å². The third-order valence-electron chi connectivity index (χ3n) is 10.4. The van der Waals surface area contributed by atoms with E-state index in [0.29, 0.717) is 30.3 Å². The van der Waals surface area contributed by atoms with Gasteiger partial charge in [0.05, 0.1) is 56.2 Å². The van der Waals surface area contributed by atoms with Gasteiger partial charge in [0.2, 0.25) is 11.8 Å². The summed E-state index contributed by atoms with van der Waals surface area (Å²) >= 11 is 0. The first-order valence-electron chi connectivity index (χ1n) is 18.3. The summed E-state index contributed by atoms with van der Waals surface area (Å²) in [7, 11) is 1.19. The maximum Gasteiger partial charge on any atom is 0.407 e. The molecule has 2 aromatic heterocycles. The van der Waals surface area contributed by atoms with E-state index in [-0.39, 0.29) is 30.8 Å². The lowest BCUT2D eigenvalue weighted by molar-refractivity contribution is -0.136. The molecule has 2 saturated heterocycles. The summed E-state index contributed by atoms with van der Waals surface area (Å²) in [6, 6.07) is 12.7. The number of carboxylic acid groups (broad SMARTS) is 1. The summed E-state index contributed by atoms with van der Waals surface area (Å²) in [5.41, 5.74) is 5.15. The molecular formula is C39H46F2N8O6. The molecule has 292 valence electrons. The van der Waals surface area contributed by atoms with Crippen LogP contribution in [0.4, 0.5) is 18.4 Å². The normalized spacial score (nSPS) is 19.9. The molecular weight excluding hydrogens is 714 g/mol. The number of likely N-dealkylation sites (tertiary alicyclic amines) is 2. The van der Waals surface area contributed by atoms with Crippen molar-refractivity contribution in [2.45, 2.75) is 70.4 Å². The van der Waals surface area contributed by atoms with Gasteiger partial charge in [-0.2, -0.15) is 0 Å². The highest BCUT2D eigenvalue weighted by atomic mass is 19.1. The molecule has 4 aromatic rings. The summed E-state index contributed by atoms with van der Waals surface area (Å²) in [4.78, 5) is 68.7. The Bertz CT molecular complexity index is 1980. The molecule has 6 rings (SSSR count). The molecule has 0 radical (unpaired) electrons. The number of aromatic amines is 2. The molecule has 0 aliphatic carbocycles. The van der Waals surface area contributed by atoms with E-state index in [9.17, 15) is 33.1 Å². The number of carbonyl (C=O) groups excluding carboxylic acids is 3. The molecule has 2 aliphatic heterocycles. The minimum absolute atomic E-state index is 0.0572. The van der Waals surface area contributed by atoms with Crippen LogP contribution in [0.2, 0.25) is 0 Å². The average molecular weight is 761 g/mol. The van der Waals surface area contributed by atoms with Gasteiger partial charge in [0.1, 0.15) is 29.9 Å². The highest BCUT2D eigenvalue weighted by molar-refractivity contribution is 5.87. The number of nitrogens with zero attached hydrogens (tertiary/aromatic N) is 4. The first-order valence-corrected chi connectivity index (χ1v) is 18.3. The Morgan fingerprint density at radius 1 is 0.836 bits per heavy atom. The largest absolute Gasteiger partial charge is 0.465 e. The minimum atomic E-state index is -1.32. The number of carbonyl (C=O) groups is 4. The number of nitrogens with one attached hydrogen (secondary N) is 4. The van der Waals surface area contributed by atoms with E-state index in [1.165, 1.54) is 12.0 Å². The van der Waals surface area contributed by atoms with E-state index in [1.807, 2.05) is 48.5 Å². The topological polar surface area (TPSA) is 186 Å².